The van der Waals surface area contributed by atoms with Gasteiger partial charge in [-0.2, -0.15) is 0 Å². The van der Waals surface area contributed by atoms with Crippen molar-refractivity contribution >= 4 is 23.1 Å². The Kier molecular flexibility index (Phi) is 3.38. The summed E-state index contributed by atoms with van der Waals surface area (Å²) in [6, 6.07) is 17.4. The number of para-hydroxylation sites is 2. The molecule has 26 heavy (non-hydrogen) atoms. The van der Waals surface area contributed by atoms with Gasteiger partial charge in [-0.3, -0.25) is 4.79 Å². The molecule has 2 aliphatic heterocycles. The fraction of sp³-hybridized carbons (Fsp3) is 0.143. The second-order valence-electron chi connectivity index (χ2n) is 6.47. The lowest BCUT2D eigenvalue weighted by atomic mass is 10.1. The van der Waals surface area contributed by atoms with Crippen LogP contribution in [0.5, 0.6) is 5.75 Å². The molecule has 0 saturated carbocycles. The predicted octanol–water partition coefficient (Wildman–Crippen LogP) is 3.92. The van der Waals surface area contributed by atoms with E-state index in [-0.39, 0.29) is 5.91 Å². The van der Waals surface area contributed by atoms with Crippen molar-refractivity contribution in [3.63, 3.8) is 0 Å². The van der Waals surface area contributed by atoms with Crippen LogP contribution in [-0.2, 0) is 13.0 Å². The Balaban J connectivity index is 1.60. The first-order valence-electron chi connectivity index (χ1n) is 8.67. The van der Waals surface area contributed by atoms with Crippen molar-refractivity contribution in [3.8, 4) is 5.75 Å². The van der Waals surface area contributed by atoms with Crippen molar-refractivity contribution in [2.24, 2.45) is 0 Å². The van der Waals surface area contributed by atoms with E-state index in [1.807, 2.05) is 59.5 Å². The summed E-state index contributed by atoms with van der Waals surface area (Å²) < 4.78 is 5.56. The van der Waals surface area contributed by atoms with Gasteiger partial charge in [0.1, 0.15) is 11.6 Å². The lowest BCUT2D eigenvalue weighted by molar-refractivity contribution is 0.0985. The van der Waals surface area contributed by atoms with Crippen molar-refractivity contribution in [2.75, 3.05) is 16.8 Å². The first-order valence-corrected chi connectivity index (χ1v) is 8.67. The van der Waals surface area contributed by atoms with Crippen LogP contribution < -0.4 is 15.0 Å². The summed E-state index contributed by atoms with van der Waals surface area (Å²) in [6.45, 7) is 1.15. The number of pyridine rings is 1. The van der Waals surface area contributed by atoms with Crippen LogP contribution in [0, 0.1) is 0 Å². The van der Waals surface area contributed by atoms with Crippen molar-refractivity contribution in [2.45, 2.75) is 13.0 Å². The van der Waals surface area contributed by atoms with Gasteiger partial charge in [-0.1, -0.05) is 18.2 Å². The highest BCUT2D eigenvalue weighted by molar-refractivity contribution is 6.08. The molecule has 5 heteroatoms. The van der Waals surface area contributed by atoms with E-state index in [1.54, 1.807) is 6.20 Å². The normalized spacial score (nSPS) is 14.4. The molecule has 5 rings (SSSR count). The monoisotopic (exact) mass is 343 g/mol. The largest absolute Gasteiger partial charge is 0.493 e. The van der Waals surface area contributed by atoms with E-state index in [0.717, 1.165) is 40.5 Å². The average Bonchev–Trinajstić information content (AvgIpc) is 3.08. The molecule has 0 fully saturated rings. The van der Waals surface area contributed by atoms with E-state index >= 15 is 0 Å². The highest BCUT2D eigenvalue weighted by atomic mass is 16.5. The average molecular weight is 343 g/mol. The van der Waals surface area contributed by atoms with Crippen LogP contribution in [0.3, 0.4) is 0 Å². The minimum absolute atomic E-state index is 0.0225. The van der Waals surface area contributed by atoms with Gasteiger partial charge in [-0.25, -0.2) is 4.98 Å². The SMILES string of the molecule is O=C(c1ccc2c(c1)CCO2)N1Cc2cccnc2Nc2ccccc21. The van der Waals surface area contributed by atoms with E-state index in [9.17, 15) is 4.79 Å². The quantitative estimate of drug-likeness (QED) is 0.728. The molecule has 0 saturated heterocycles. The van der Waals surface area contributed by atoms with Crippen molar-refractivity contribution in [3.05, 3.63) is 77.5 Å². The lowest BCUT2D eigenvalue weighted by Gasteiger charge is -2.23. The molecule has 1 aromatic heterocycles. The number of aromatic nitrogens is 1. The van der Waals surface area contributed by atoms with Gasteiger partial charge < -0.3 is 15.0 Å². The number of rotatable bonds is 1. The Morgan fingerprint density at radius 3 is 2.96 bits per heavy atom. The zero-order chi connectivity index (χ0) is 17.5. The number of nitrogens with one attached hydrogen (secondary N) is 1. The molecule has 128 valence electrons. The molecule has 0 spiro atoms. The van der Waals surface area contributed by atoms with E-state index in [4.69, 9.17) is 4.74 Å². The van der Waals surface area contributed by atoms with Gasteiger partial charge in [-0.05, 0) is 42.0 Å². The van der Waals surface area contributed by atoms with Crippen molar-refractivity contribution in [1.82, 2.24) is 4.98 Å². The third kappa shape index (κ3) is 2.40. The first-order chi connectivity index (χ1) is 12.8. The molecular formula is C21H17N3O2. The summed E-state index contributed by atoms with van der Waals surface area (Å²) in [5.41, 5.74) is 4.49. The standard InChI is InChI=1S/C21H17N3O2/c25-21(15-7-8-19-14(12-15)9-11-26-19)24-13-16-4-3-10-22-20(16)23-17-5-1-2-6-18(17)24/h1-8,10,12H,9,11,13H2,(H,22,23). The fourth-order valence-electron chi connectivity index (χ4n) is 3.53. The maximum Gasteiger partial charge on any atom is 0.258 e. The van der Waals surface area contributed by atoms with E-state index in [1.165, 1.54) is 0 Å². The van der Waals surface area contributed by atoms with Gasteiger partial charge >= 0.3 is 0 Å². The molecule has 0 bridgehead atoms. The number of nitrogens with zero attached hydrogens (tertiary/aromatic N) is 2. The topological polar surface area (TPSA) is 54.5 Å². The number of hydrogen-bond donors (Lipinski definition) is 1. The van der Waals surface area contributed by atoms with Crippen LogP contribution in [0.2, 0.25) is 0 Å². The Hall–Kier alpha value is -3.34. The maximum absolute atomic E-state index is 13.4. The highest BCUT2D eigenvalue weighted by Crippen LogP contribution is 2.36. The number of carbonyl (C=O) groups is 1. The molecule has 3 aromatic rings. The molecule has 1 amide bonds. The van der Waals surface area contributed by atoms with E-state index < -0.39 is 0 Å². The Bertz CT molecular complexity index is 1020. The Labute approximate surface area is 151 Å². The van der Waals surface area contributed by atoms with Crippen molar-refractivity contribution < 1.29 is 9.53 Å². The number of amides is 1. The molecule has 5 nitrogen and oxygen atoms in total. The number of carbonyl (C=O) groups excluding carboxylic acids is 1. The second kappa shape index (κ2) is 5.88. The summed E-state index contributed by atoms with van der Waals surface area (Å²) in [5, 5.41) is 3.36. The molecule has 2 aliphatic rings. The Morgan fingerprint density at radius 2 is 2.00 bits per heavy atom. The number of benzene rings is 2. The van der Waals surface area contributed by atoms with Crippen LogP contribution in [0.4, 0.5) is 17.2 Å². The molecule has 0 aliphatic carbocycles. The zero-order valence-corrected chi connectivity index (χ0v) is 14.1. The lowest BCUT2D eigenvalue weighted by Crippen LogP contribution is -2.30. The molecule has 1 N–H and O–H groups in total. The van der Waals surface area contributed by atoms with Gasteiger partial charge in [0.15, 0.2) is 0 Å². The van der Waals surface area contributed by atoms with Gasteiger partial charge in [0.25, 0.3) is 5.91 Å². The third-order valence-corrected chi connectivity index (χ3v) is 4.85. The summed E-state index contributed by atoms with van der Waals surface area (Å²) in [7, 11) is 0. The van der Waals surface area contributed by atoms with Crippen LogP contribution in [0.15, 0.2) is 60.8 Å². The molecule has 0 unspecified atom stereocenters. The van der Waals surface area contributed by atoms with Gasteiger partial charge in [0.05, 0.1) is 24.5 Å². The molecule has 0 radical (unpaired) electrons. The third-order valence-electron chi connectivity index (χ3n) is 4.85. The fourth-order valence-corrected chi connectivity index (χ4v) is 3.53. The number of ether oxygens (including phenoxy) is 1. The van der Waals surface area contributed by atoms with Crippen LogP contribution in [0.1, 0.15) is 21.5 Å². The van der Waals surface area contributed by atoms with Gasteiger partial charge in [0.2, 0.25) is 0 Å². The number of anilines is 3. The molecule has 2 aromatic carbocycles. The van der Waals surface area contributed by atoms with Crippen LogP contribution in [0.25, 0.3) is 0 Å². The molecular weight excluding hydrogens is 326 g/mol. The highest BCUT2D eigenvalue weighted by Gasteiger charge is 2.26. The zero-order valence-electron chi connectivity index (χ0n) is 14.1. The first kappa shape index (κ1) is 15.0. The van der Waals surface area contributed by atoms with Gasteiger partial charge in [0, 0.05) is 23.7 Å². The smallest absolute Gasteiger partial charge is 0.258 e. The van der Waals surface area contributed by atoms with E-state index in [2.05, 4.69) is 10.3 Å². The predicted molar refractivity (Wildman–Crippen MR) is 100 cm³/mol. The summed E-state index contributed by atoms with van der Waals surface area (Å²) in [6.07, 6.45) is 2.60. The second-order valence-corrected chi connectivity index (χ2v) is 6.47. The minimum Gasteiger partial charge on any atom is -0.493 e. The molecule has 0 atom stereocenters. The summed E-state index contributed by atoms with van der Waals surface area (Å²) >= 11 is 0. The van der Waals surface area contributed by atoms with Crippen LogP contribution >= 0.6 is 0 Å². The van der Waals surface area contributed by atoms with Crippen molar-refractivity contribution in [1.29, 1.82) is 0 Å². The number of hydrogen-bond acceptors (Lipinski definition) is 4. The number of fused-ring (bicyclic) bond motifs is 3. The summed E-state index contributed by atoms with van der Waals surface area (Å²) in [4.78, 5) is 19.6. The minimum atomic E-state index is -0.0225. The van der Waals surface area contributed by atoms with Gasteiger partial charge in [-0.15, -0.1) is 0 Å². The van der Waals surface area contributed by atoms with E-state index in [0.29, 0.717) is 18.7 Å². The summed E-state index contributed by atoms with van der Waals surface area (Å²) in [5.74, 6) is 1.65. The van der Waals surface area contributed by atoms with Crippen LogP contribution in [-0.4, -0.2) is 17.5 Å². The molecule has 3 heterocycles. The maximum atomic E-state index is 13.4. The Morgan fingerprint density at radius 1 is 1.08 bits per heavy atom.